The lowest BCUT2D eigenvalue weighted by Crippen LogP contribution is -2.24. The maximum Gasteiger partial charge on any atom is 0.230 e. The van der Waals surface area contributed by atoms with E-state index in [1.165, 1.54) is 37.1 Å². The molecule has 0 radical (unpaired) electrons. The average molecular weight is 385 g/mol. The lowest BCUT2D eigenvalue weighted by molar-refractivity contribution is -0.118. The highest BCUT2D eigenvalue weighted by atomic mass is 32.2. The van der Waals surface area contributed by atoms with Crippen LogP contribution in [-0.2, 0) is 23.6 Å². The predicted molar refractivity (Wildman–Crippen MR) is 112 cm³/mol. The summed E-state index contributed by atoms with van der Waals surface area (Å²) in [6, 6.07) is 16.6. The van der Waals surface area contributed by atoms with Gasteiger partial charge in [0.15, 0.2) is 0 Å². The van der Waals surface area contributed by atoms with Crippen molar-refractivity contribution in [3.63, 3.8) is 0 Å². The largest absolute Gasteiger partial charge is 0.497 e. The molecule has 1 aliphatic rings. The van der Waals surface area contributed by atoms with E-state index in [1.807, 2.05) is 24.3 Å². The van der Waals surface area contributed by atoms with Crippen molar-refractivity contribution < 1.29 is 9.53 Å². The van der Waals surface area contributed by atoms with Gasteiger partial charge in [-0.1, -0.05) is 36.4 Å². The van der Waals surface area contributed by atoms with Crippen molar-refractivity contribution in [2.24, 2.45) is 0 Å². The molecule has 2 aromatic rings. The van der Waals surface area contributed by atoms with Crippen molar-refractivity contribution in [3.8, 4) is 5.75 Å². The summed E-state index contributed by atoms with van der Waals surface area (Å²) in [5.74, 6) is 2.23. The van der Waals surface area contributed by atoms with E-state index < -0.39 is 0 Å². The Hall–Kier alpha value is -1.98. The summed E-state index contributed by atoms with van der Waals surface area (Å²) in [5.41, 5.74) is 3.69. The third-order valence-electron chi connectivity index (χ3n) is 4.78. The molecule has 1 aliphatic heterocycles. The molecule has 0 saturated carbocycles. The van der Waals surface area contributed by atoms with E-state index in [1.54, 1.807) is 18.9 Å². The summed E-state index contributed by atoms with van der Waals surface area (Å²) in [7, 11) is 1.66. The van der Waals surface area contributed by atoms with Crippen LogP contribution in [0.5, 0.6) is 5.75 Å². The third-order valence-corrected chi connectivity index (χ3v) is 5.78. The zero-order valence-corrected chi connectivity index (χ0v) is 16.8. The highest BCUT2D eigenvalue weighted by Gasteiger charge is 2.11. The number of ether oxygens (including phenoxy) is 1. The number of carbonyl (C=O) groups excluding carboxylic acids is 1. The second-order valence-corrected chi connectivity index (χ2v) is 7.90. The molecule has 1 N–H and O–H groups in total. The summed E-state index contributed by atoms with van der Waals surface area (Å²) in [6.07, 6.45) is 2.64. The van der Waals surface area contributed by atoms with Crippen LogP contribution in [0.25, 0.3) is 0 Å². The van der Waals surface area contributed by atoms with E-state index >= 15 is 0 Å². The molecule has 0 aliphatic carbocycles. The Balaban J connectivity index is 1.34. The number of nitrogens with one attached hydrogen (secondary N) is 1. The summed E-state index contributed by atoms with van der Waals surface area (Å²) >= 11 is 1.62. The molecule has 0 unspecified atom stereocenters. The molecule has 0 spiro atoms. The van der Waals surface area contributed by atoms with Crippen molar-refractivity contribution in [1.82, 2.24) is 10.2 Å². The van der Waals surface area contributed by atoms with E-state index in [9.17, 15) is 4.79 Å². The van der Waals surface area contributed by atoms with E-state index in [4.69, 9.17) is 4.74 Å². The number of hydrogen-bond acceptors (Lipinski definition) is 4. The molecule has 1 fully saturated rings. The van der Waals surface area contributed by atoms with Crippen LogP contribution >= 0.6 is 11.8 Å². The predicted octanol–water partition coefficient (Wildman–Crippen LogP) is 3.84. The molecule has 144 valence electrons. The average Bonchev–Trinajstić information content (AvgIpc) is 3.21. The number of carbonyl (C=O) groups is 1. The van der Waals surface area contributed by atoms with Crippen LogP contribution in [-0.4, -0.2) is 36.8 Å². The fourth-order valence-corrected chi connectivity index (χ4v) is 4.01. The van der Waals surface area contributed by atoms with Crippen LogP contribution < -0.4 is 10.1 Å². The molecular formula is C22H28N2O2S. The molecule has 1 amide bonds. The van der Waals surface area contributed by atoms with E-state index in [0.29, 0.717) is 12.3 Å². The van der Waals surface area contributed by atoms with Gasteiger partial charge in [0.25, 0.3) is 0 Å². The molecule has 0 bridgehead atoms. The number of amides is 1. The Bertz CT molecular complexity index is 710. The molecular weight excluding hydrogens is 356 g/mol. The lowest BCUT2D eigenvalue weighted by atomic mass is 10.1. The molecule has 27 heavy (non-hydrogen) atoms. The molecule has 1 heterocycles. The van der Waals surface area contributed by atoms with Gasteiger partial charge in [-0.15, -0.1) is 11.8 Å². The number of methoxy groups -OCH3 is 1. The summed E-state index contributed by atoms with van der Waals surface area (Å²) in [6.45, 7) is 4.05. The second-order valence-electron chi connectivity index (χ2n) is 6.92. The van der Waals surface area contributed by atoms with Crippen molar-refractivity contribution >= 4 is 17.7 Å². The number of nitrogens with zero attached hydrogens (tertiary/aromatic N) is 1. The molecule has 4 nitrogen and oxygen atoms in total. The molecule has 0 aromatic heterocycles. The highest BCUT2D eigenvalue weighted by Crippen LogP contribution is 2.16. The van der Waals surface area contributed by atoms with Crippen LogP contribution in [0.4, 0.5) is 0 Å². The molecule has 2 aromatic carbocycles. The fourth-order valence-electron chi connectivity index (χ4n) is 3.20. The molecule has 3 rings (SSSR count). The smallest absolute Gasteiger partial charge is 0.230 e. The van der Waals surface area contributed by atoms with Gasteiger partial charge in [0.1, 0.15) is 5.75 Å². The van der Waals surface area contributed by atoms with Crippen LogP contribution in [0.3, 0.4) is 0 Å². The van der Waals surface area contributed by atoms with Gasteiger partial charge in [-0.05, 0) is 54.8 Å². The third kappa shape index (κ3) is 6.60. The first-order valence-corrected chi connectivity index (χ1v) is 10.7. The number of thioether (sulfide) groups is 1. The minimum absolute atomic E-state index is 0.0784. The van der Waals surface area contributed by atoms with Gasteiger partial charge >= 0.3 is 0 Å². The minimum Gasteiger partial charge on any atom is -0.497 e. The maximum absolute atomic E-state index is 12.0. The molecule has 1 saturated heterocycles. The van der Waals surface area contributed by atoms with Gasteiger partial charge in [-0.25, -0.2) is 0 Å². The Labute approximate surface area is 166 Å². The number of hydrogen-bond donors (Lipinski definition) is 1. The Morgan fingerprint density at radius 3 is 2.30 bits per heavy atom. The normalized spacial score (nSPS) is 14.3. The summed E-state index contributed by atoms with van der Waals surface area (Å²) in [5, 5.41) is 3.01. The van der Waals surface area contributed by atoms with E-state index in [0.717, 1.165) is 23.6 Å². The van der Waals surface area contributed by atoms with Gasteiger partial charge in [0.2, 0.25) is 5.91 Å². The van der Waals surface area contributed by atoms with Crippen molar-refractivity contribution in [2.75, 3.05) is 26.0 Å². The van der Waals surface area contributed by atoms with E-state index in [2.05, 4.69) is 34.5 Å². The Morgan fingerprint density at radius 2 is 1.63 bits per heavy atom. The summed E-state index contributed by atoms with van der Waals surface area (Å²) in [4.78, 5) is 14.5. The number of rotatable bonds is 9. The lowest BCUT2D eigenvalue weighted by Gasteiger charge is -2.14. The van der Waals surface area contributed by atoms with Crippen LogP contribution in [0.1, 0.15) is 29.5 Å². The van der Waals surface area contributed by atoms with Gasteiger partial charge in [-0.3, -0.25) is 9.69 Å². The van der Waals surface area contributed by atoms with Crippen molar-refractivity contribution in [1.29, 1.82) is 0 Å². The first kappa shape index (κ1) is 19.8. The topological polar surface area (TPSA) is 41.6 Å². The first-order valence-electron chi connectivity index (χ1n) is 9.50. The van der Waals surface area contributed by atoms with Crippen LogP contribution in [0.2, 0.25) is 0 Å². The minimum atomic E-state index is 0.0784. The highest BCUT2D eigenvalue weighted by molar-refractivity contribution is 7.99. The number of benzene rings is 2. The van der Waals surface area contributed by atoms with Crippen LogP contribution in [0.15, 0.2) is 48.5 Å². The number of likely N-dealkylation sites (tertiary alicyclic amines) is 1. The monoisotopic (exact) mass is 384 g/mol. The van der Waals surface area contributed by atoms with Gasteiger partial charge in [0, 0.05) is 18.8 Å². The zero-order valence-electron chi connectivity index (χ0n) is 15.9. The SMILES string of the molecule is COc1ccc(CSCC(=O)NCc2ccc(CN3CCCC3)cc2)cc1. The van der Waals surface area contributed by atoms with Crippen molar-refractivity contribution in [3.05, 3.63) is 65.2 Å². The maximum atomic E-state index is 12.0. The van der Waals surface area contributed by atoms with Crippen LogP contribution in [0, 0.1) is 0 Å². The van der Waals surface area contributed by atoms with Gasteiger partial charge in [0.05, 0.1) is 12.9 Å². The molecule has 5 heteroatoms. The second kappa shape index (κ2) is 10.4. The standard InChI is InChI=1S/C22H28N2O2S/c1-26-21-10-8-20(9-11-21)16-27-17-22(25)23-14-18-4-6-19(7-5-18)15-24-12-2-3-13-24/h4-11H,2-3,12-17H2,1H3,(H,23,25). The summed E-state index contributed by atoms with van der Waals surface area (Å²) < 4.78 is 5.15. The van der Waals surface area contributed by atoms with E-state index in [-0.39, 0.29) is 5.91 Å². The Kier molecular flexibility index (Phi) is 7.60. The fraction of sp³-hybridized carbons (Fsp3) is 0.409. The quantitative estimate of drug-likeness (QED) is 0.713. The zero-order chi connectivity index (χ0) is 18.9. The molecule has 0 atom stereocenters. The van der Waals surface area contributed by atoms with Crippen molar-refractivity contribution in [2.45, 2.75) is 31.7 Å². The van der Waals surface area contributed by atoms with Gasteiger partial charge < -0.3 is 10.1 Å². The first-order chi connectivity index (χ1) is 13.2. The Morgan fingerprint density at radius 1 is 1.00 bits per heavy atom. The van der Waals surface area contributed by atoms with Gasteiger partial charge in [-0.2, -0.15) is 0 Å².